The van der Waals surface area contributed by atoms with Crippen molar-refractivity contribution < 1.29 is 12.8 Å². The van der Waals surface area contributed by atoms with Crippen molar-refractivity contribution in [2.45, 2.75) is 44.6 Å². The minimum atomic E-state index is -3.66. The zero-order chi connectivity index (χ0) is 19.7. The predicted octanol–water partition coefficient (Wildman–Crippen LogP) is 3.82. The lowest BCUT2D eigenvalue weighted by Crippen LogP contribution is -2.23. The summed E-state index contributed by atoms with van der Waals surface area (Å²) >= 11 is 0. The molecule has 0 fully saturated rings. The standard InChI is InChI=1S/C20H23N3O3S/c1-14-5-7-15(8-6-14)19-23-22-18(26-19)13-21-27(24,25)17-11-9-16(10-12-17)20(2,3)4/h5-12,21H,13H2,1-4H3. The molecular formula is C20H23N3O3S. The lowest BCUT2D eigenvalue weighted by Gasteiger charge is -2.19. The van der Waals surface area contributed by atoms with Crippen molar-refractivity contribution >= 4 is 10.0 Å². The van der Waals surface area contributed by atoms with Crippen LogP contribution in [-0.2, 0) is 22.0 Å². The summed E-state index contributed by atoms with van der Waals surface area (Å²) in [5.74, 6) is 0.569. The zero-order valence-electron chi connectivity index (χ0n) is 15.9. The Morgan fingerprint density at radius 2 is 1.59 bits per heavy atom. The number of rotatable bonds is 5. The zero-order valence-corrected chi connectivity index (χ0v) is 16.7. The second-order valence-corrected chi connectivity index (χ2v) is 9.23. The molecule has 3 rings (SSSR count). The SMILES string of the molecule is Cc1ccc(-c2nnc(CNS(=O)(=O)c3ccc(C(C)(C)C)cc3)o2)cc1. The molecule has 0 saturated carbocycles. The molecule has 0 aliphatic heterocycles. The molecule has 0 aliphatic carbocycles. The van der Waals surface area contributed by atoms with Crippen LogP contribution >= 0.6 is 0 Å². The van der Waals surface area contributed by atoms with Gasteiger partial charge in [0.15, 0.2) is 0 Å². The van der Waals surface area contributed by atoms with Gasteiger partial charge in [-0.2, -0.15) is 0 Å². The van der Waals surface area contributed by atoms with Gasteiger partial charge in [0.1, 0.15) is 0 Å². The van der Waals surface area contributed by atoms with Crippen molar-refractivity contribution in [1.29, 1.82) is 0 Å². The van der Waals surface area contributed by atoms with Crippen LogP contribution in [-0.4, -0.2) is 18.6 Å². The maximum atomic E-state index is 12.5. The first-order valence-corrected chi connectivity index (χ1v) is 10.1. The Morgan fingerprint density at radius 1 is 0.963 bits per heavy atom. The fraction of sp³-hybridized carbons (Fsp3) is 0.300. The second-order valence-electron chi connectivity index (χ2n) is 7.47. The Kier molecular flexibility index (Phi) is 5.17. The minimum absolute atomic E-state index is 0.0359. The normalized spacial score (nSPS) is 12.3. The Balaban J connectivity index is 1.70. The third kappa shape index (κ3) is 4.61. The van der Waals surface area contributed by atoms with E-state index in [0.717, 1.165) is 16.7 Å². The Labute approximate surface area is 159 Å². The Morgan fingerprint density at radius 3 is 2.19 bits per heavy atom. The van der Waals surface area contributed by atoms with Crippen molar-refractivity contribution in [3.63, 3.8) is 0 Å². The van der Waals surface area contributed by atoms with E-state index in [2.05, 4.69) is 35.7 Å². The van der Waals surface area contributed by atoms with Gasteiger partial charge in [-0.1, -0.05) is 50.6 Å². The number of hydrogen-bond donors (Lipinski definition) is 1. The van der Waals surface area contributed by atoms with E-state index in [4.69, 9.17) is 4.42 Å². The van der Waals surface area contributed by atoms with E-state index in [1.807, 2.05) is 43.3 Å². The third-order valence-electron chi connectivity index (χ3n) is 4.21. The molecule has 0 atom stereocenters. The second kappa shape index (κ2) is 7.25. The van der Waals surface area contributed by atoms with E-state index in [9.17, 15) is 8.42 Å². The highest BCUT2D eigenvalue weighted by Crippen LogP contribution is 2.23. The van der Waals surface area contributed by atoms with Crippen molar-refractivity contribution in [1.82, 2.24) is 14.9 Å². The average molecular weight is 385 g/mol. The number of nitrogens with one attached hydrogen (secondary N) is 1. The van der Waals surface area contributed by atoms with Crippen molar-refractivity contribution in [3.8, 4) is 11.5 Å². The maximum absolute atomic E-state index is 12.5. The topological polar surface area (TPSA) is 85.1 Å². The number of sulfonamides is 1. The summed E-state index contributed by atoms with van der Waals surface area (Å²) in [5, 5.41) is 7.89. The molecule has 1 N–H and O–H groups in total. The summed E-state index contributed by atoms with van der Waals surface area (Å²) in [5.41, 5.74) is 2.95. The van der Waals surface area contributed by atoms with Gasteiger partial charge in [-0.05, 0) is 42.2 Å². The summed E-state index contributed by atoms with van der Waals surface area (Å²) in [6, 6.07) is 14.5. The van der Waals surface area contributed by atoms with Crippen LogP contribution < -0.4 is 4.72 Å². The molecule has 1 aromatic heterocycles. The van der Waals surface area contributed by atoms with Crippen LogP contribution in [0.4, 0.5) is 0 Å². The minimum Gasteiger partial charge on any atom is -0.419 e. The summed E-state index contributed by atoms with van der Waals surface area (Å²) in [6.45, 7) is 8.16. The van der Waals surface area contributed by atoms with E-state index in [1.165, 1.54) is 0 Å². The summed E-state index contributed by atoms with van der Waals surface area (Å²) in [6.07, 6.45) is 0. The highest BCUT2D eigenvalue weighted by atomic mass is 32.2. The highest BCUT2D eigenvalue weighted by Gasteiger charge is 2.18. The largest absolute Gasteiger partial charge is 0.419 e. The highest BCUT2D eigenvalue weighted by molar-refractivity contribution is 7.89. The van der Waals surface area contributed by atoms with Crippen LogP contribution in [0.1, 0.15) is 37.8 Å². The fourth-order valence-electron chi connectivity index (χ4n) is 2.51. The molecule has 142 valence electrons. The smallest absolute Gasteiger partial charge is 0.247 e. The van der Waals surface area contributed by atoms with E-state index in [0.29, 0.717) is 5.89 Å². The average Bonchev–Trinajstić information content (AvgIpc) is 3.09. The summed E-state index contributed by atoms with van der Waals surface area (Å²) in [7, 11) is -3.66. The third-order valence-corrected chi connectivity index (χ3v) is 5.63. The fourth-order valence-corrected chi connectivity index (χ4v) is 3.49. The van der Waals surface area contributed by atoms with Gasteiger partial charge in [-0.25, -0.2) is 13.1 Å². The molecule has 0 aliphatic rings. The van der Waals surface area contributed by atoms with Gasteiger partial charge in [0.25, 0.3) is 0 Å². The van der Waals surface area contributed by atoms with Crippen molar-refractivity contribution in [2.24, 2.45) is 0 Å². The first-order valence-electron chi connectivity index (χ1n) is 8.65. The number of aromatic nitrogens is 2. The molecule has 1 heterocycles. The first kappa shape index (κ1) is 19.3. The summed E-state index contributed by atoms with van der Waals surface area (Å²) < 4.78 is 33.0. The van der Waals surface area contributed by atoms with E-state index in [-0.39, 0.29) is 22.7 Å². The lowest BCUT2D eigenvalue weighted by atomic mass is 9.87. The number of benzene rings is 2. The van der Waals surface area contributed by atoms with Crippen molar-refractivity contribution in [3.05, 3.63) is 65.5 Å². The van der Waals surface area contributed by atoms with Gasteiger partial charge in [-0.15, -0.1) is 10.2 Å². The molecule has 0 spiro atoms. The maximum Gasteiger partial charge on any atom is 0.247 e. The number of nitrogens with zero attached hydrogens (tertiary/aromatic N) is 2. The van der Waals surface area contributed by atoms with Crippen LogP contribution in [0.5, 0.6) is 0 Å². The predicted molar refractivity (Wildman–Crippen MR) is 104 cm³/mol. The molecular weight excluding hydrogens is 362 g/mol. The van der Waals surface area contributed by atoms with Crippen LogP contribution in [0.15, 0.2) is 57.8 Å². The van der Waals surface area contributed by atoms with Gasteiger partial charge < -0.3 is 4.42 Å². The molecule has 27 heavy (non-hydrogen) atoms. The Bertz CT molecular complexity index is 1020. The first-order chi connectivity index (χ1) is 12.6. The molecule has 0 unspecified atom stereocenters. The molecule has 2 aromatic carbocycles. The van der Waals surface area contributed by atoms with Crippen LogP contribution in [0.3, 0.4) is 0 Å². The van der Waals surface area contributed by atoms with Crippen LogP contribution in [0.25, 0.3) is 11.5 Å². The lowest BCUT2D eigenvalue weighted by molar-refractivity contribution is 0.494. The van der Waals surface area contributed by atoms with Crippen molar-refractivity contribution in [2.75, 3.05) is 0 Å². The van der Waals surface area contributed by atoms with E-state index in [1.54, 1.807) is 12.1 Å². The van der Waals surface area contributed by atoms with Gasteiger partial charge in [0.05, 0.1) is 11.4 Å². The van der Waals surface area contributed by atoms with Gasteiger partial charge in [-0.3, -0.25) is 0 Å². The molecule has 0 radical (unpaired) electrons. The molecule has 6 nitrogen and oxygen atoms in total. The van der Waals surface area contributed by atoms with Crippen LogP contribution in [0, 0.1) is 6.92 Å². The number of hydrogen-bond acceptors (Lipinski definition) is 5. The monoisotopic (exact) mass is 385 g/mol. The summed E-state index contributed by atoms with van der Waals surface area (Å²) in [4.78, 5) is 0.203. The Hall–Kier alpha value is -2.51. The quantitative estimate of drug-likeness (QED) is 0.722. The van der Waals surface area contributed by atoms with Crippen LogP contribution in [0.2, 0.25) is 0 Å². The molecule has 0 amide bonds. The van der Waals surface area contributed by atoms with E-state index < -0.39 is 10.0 Å². The molecule has 3 aromatic rings. The number of aryl methyl sites for hydroxylation is 1. The van der Waals surface area contributed by atoms with Gasteiger partial charge >= 0.3 is 0 Å². The molecule has 0 saturated heterocycles. The van der Waals surface area contributed by atoms with Gasteiger partial charge in [0, 0.05) is 5.56 Å². The molecule has 7 heteroatoms. The van der Waals surface area contributed by atoms with E-state index >= 15 is 0 Å². The molecule has 0 bridgehead atoms. The van der Waals surface area contributed by atoms with Gasteiger partial charge in [0.2, 0.25) is 21.8 Å².